The maximum Gasteiger partial charge on any atom is 0.254 e. The molecule has 2 heterocycles. The maximum absolute atomic E-state index is 13.0. The number of H-pyrrole nitrogens is 1. The molecule has 1 amide bonds. The SMILES string of the molecule is CN(CCN(C(=O)c1ccc(CO)cc1)C1CC1)c1ncnc2[nH]ccc12. The Balaban J connectivity index is 1.47. The van der Waals surface area contributed by atoms with Gasteiger partial charge >= 0.3 is 0 Å². The number of likely N-dealkylation sites (N-methyl/N-ethyl adjacent to an activating group) is 1. The molecule has 3 aromatic rings. The molecule has 1 saturated carbocycles. The number of benzene rings is 1. The molecule has 1 fully saturated rings. The summed E-state index contributed by atoms with van der Waals surface area (Å²) in [5.74, 6) is 0.904. The summed E-state index contributed by atoms with van der Waals surface area (Å²) in [6.45, 7) is 1.31. The average molecular weight is 365 g/mol. The Morgan fingerprint density at radius 3 is 2.67 bits per heavy atom. The molecule has 2 N–H and O–H groups in total. The number of anilines is 1. The number of aliphatic hydroxyl groups is 1. The molecule has 0 atom stereocenters. The number of fused-ring (bicyclic) bond motifs is 1. The molecule has 2 aromatic heterocycles. The van der Waals surface area contributed by atoms with Gasteiger partial charge in [0.1, 0.15) is 17.8 Å². The average Bonchev–Trinajstić information content (AvgIpc) is 3.42. The Morgan fingerprint density at radius 2 is 1.96 bits per heavy atom. The van der Waals surface area contributed by atoms with Gasteiger partial charge in [0.2, 0.25) is 0 Å². The van der Waals surface area contributed by atoms with E-state index in [1.165, 1.54) is 0 Å². The molecular weight excluding hydrogens is 342 g/mol. The summed E-state index contributed by atoms with van der Waals surface area (Å²) in [5, 5.41) is 10.2. The van der Waals surface area contributed by atoms with Gasteiger partial charge in [-0.3, -0.25) is 4.79 Å². The molecule has 0 aliphatic heterocycles. The van der Waals surface area contributed by atoms with Crippen molar-refractivity contribution in [3.63, 3.8) is 0 Å². The first-order chi connectivity index (χ1) is 13.2. The summed E-state index contributed by atoms with van der Waals surface area (Å²) in [7, 11) is 1.99. The van der Waals surface area contributed by atoms with Crippen LogP contribution in [0.2, 0.25) is 0 Å². The number of carbonyl (C=O) groups excluding carboxylic acids is 1. The van der Waals surface area contributed by atoms with Crippen molar-refractivity contribution >= 4 is 22.8 Å². The number of aromatic amines is 1. The van der Waals surface area contributed by atoms with Crippen LogP contribution >= 0.6 is 0 Å². The summed E-state index contributed by atoms with van der Waals surface area (Å²) in [6, 6.07) is 9.47. The highest BCUT2D eigenvalue weighted by molar-refractivity contribution is 5.94. The zero-order valence-corrected chi connectivity index (χ0v) is 15.3. The van der Waals surface area contributed by atoms with E-state index in [-0.39, 0.29) is 12.5 Å². The van der Waals surface area contributed by atoms with Crippen LogP contribution in [-0.4, -0.2) is 57.0 Å². The molecule has 7 heteroatoms. The zero-order valence-electron chi connectivity index (χ0n) is 15.3. The highest BCUT2D eigenvalue weighted by atomic mass is 16.3. The largest absolute Gasteiger partial charge is 0.392 e. The highest BCUT2D eigenvalue weighted by Crippen LogP contribution is 2.28. The molecule has 0 spiro atoms. The summed E-state index contributed by atoms with van der Waals surface area (Å²) < 4.78 is 0. The van der Waals surface area contributed by atoms with E-state index in [4.69, 9.17) is 0 Å². The maximum atomic E-state index is 13.0. The third-order valence-electron chi connectivity index (χ3n) is 5.00. The van der Waals surface area contributed by atoms with E-state index in [2.05, 4.69) is 19.9 Å². The van der Waals surface area contributed by atoms with Crippen molar-refractivity contribution in [2.24, 2.45) is 0 Å². The fourth-order valence-corrected chi connectivity index (χ4v) is 3.28. The van der Waals surface area contributed by atoms with Gasteiger partial charge in [-0.15, -0.1) is 0 Å². The summed E-state index contributed by atoms with van der Waals surface area (Å²) >= 11 is 0. The van der Waals surface area contributed by atoms with E-state index in [0.717, 1.165) is 35.3 Å². The standard InChI is InChI=1S/C20H23N5O2/c1-24(19-17-8-9-21-18(17)22-13-23-19)10-11-25(16-6-7-16)20(27)15-4-2-14(12-26)3-5-15/h2-5,8-9,13,16,26H,6-7,10-12H2,1H3,(H,21,22,23). The lowest BCUT2D eigenvalue weighted by Crippen LogP contribution is -2.39. The molecule has 0 bridgehead atoms. The van der Waals surface area contributed by atoms with Gasteiger partial charge in [-0.2, -0.15) is 0 Å². The third kappa shape index (κ3) is 3.64. The lowest BCUT2D eigenvalue weighted by Gasteiger charge is -2.26. The van der Waals surface area contributed by atoms with E-state index < -0.39 is 0 Å². The quantitative estimate of drug-likeness (QED) is 0.670. The van der Waals surface area contributed by atoms with Gasteiger partial charge < -0.3 is 19.9 Å². The van der Waals surface area contributed by atoms with Gasteiger partial charge in [0, 0.05) is 37.9 Å². The minimum absolute atomic E-state index is 0.0157. The van der Waals surface area contributed by atoms with Crippen LogP contribution in [0.3, 0.4) is 0 Å². The van der Waals surface area contributed by atoms with E-state index in [1.807, 2.05) is 24.2 Å². The molecule has 1 aliphatic rings. The second-order valence-electron chi connectivity index (χ2n) is 6.94. The van der Waals surface area contributed by atoms with Crippen LogP contribution in [0.5, 0.6) is 0 Å². The monoisotopic (exact) mass is 365 g/mol. The van der Waals surface area contributed by atoms with Gasteiger partial charge in [-0.25, -0.2) is 9.97 Å². The Kier molecular flexibility index (Phi) is 4.77. The van der Waals surface area contributed by atoms with Crippen molar-refractivity contribution < 1.29 is 9.90 Å². The summed E-state index contributed by atoms with van der Waals surface area (Å²) in [5.41, 5.74) is 2.28. The molecule has 0 unspecified atom stereocenters. The van der Waals surface area contributed by atoms with Crippen LogP contribution in [0.1, 0.15) is 28.8 Å². The third-order valence-corrected chi connectivity index (χ3v) is 5.00. The fourth-order valence-electron chi connectivity index (χ4n) is 3.28. The highest BCUT2D eigenvalue weighted by Gasteiger charge is 2.33. The molecule has 1 aromatic carbocycles. The van der Waals surface area contributed by atoms with Gasteiger partial charge in [0.05, 0.1) is 12.0 Å². The Bertz CT molecular complexity index is 933. The van der Waals surface area contributed by atoms with E-state index in [9.17, 15) is 9.90 Å². The molecule has 1 aliphatic carbocycles. The second-order valence-corrected chi connectivity index (χ2v) is 6.94. The fraction of sp³-hybridized carbons (Fsp3) is 0.350. The normalized spacial score (nSPS) is 13.7. The van der Waals surface area contributed by atoms with Crippen molar-refractivity contribution in [3.05, 3.63) is 54.0 Å². The second kappa shape index (κ2) is 7.36. The number of nitrogens with zero attached hydrogens (tertiary/aromatic N) is 4. The van der Waals surface area contributed by atoms with Gasteiger partial charge in [-0.1, -0.05) is 12.1 Å². The van der Waals surface area contributed by atoms with Crippen molar-refractivity contribution in [1.82, 2.24) is 19.9 Å². The number of nitrogens with one attached hydrogen (secondary N) is 1. The van der Waals surface area contributed by atoms with Crippen molar-refractivity contribution in [3.8, 4) is 0 Å². The molecule has 7 nitrogen and oxygen atoms in total. The van der Waals surface area contributed by atoms with E-state index >= 15 is 0 Å². The number of rotatable bonds is 7. The van der Waals surface area contributed by atoms with Crippen molar-refractivity contribution in [1.29, 1.82) is 0 Å². The Labute approximate surface area is 157 Å². The summed E-state index contributed by atoms with van der Waals surface area (Å²) in [6.07, 6.45) is 5.52. The number of hydrogen-bond donors (Lipinski definition) is 2. The van der Waals surface area contributed by atoms with Crippen LogP contribution < -0.4 is 4.90 Å². The smallest absolute Gasteiger partial charge is 0.254 e. The van der Waals surface area contributed by atoms with Gasteiger partial charge in [0.25, 0.3) is 5.91 Å². The lowest BCUT2D eigenvalue weighted by atomic mass is 10.1. The Morgan fingerprint density at radius 1 is 1.19 bits per heavy atom. The molecule has 0 radical (unpaired) electrons. The van der Waals surface area contributed by atoms with Gasteiger partial charge in [-0.05, 0) is 36.6 Å². The number of aliphatic hydroxyl groups excluding tert-OH is 1. The zero-order chi connectivity index (χ0) is 18.8. The minimum Gasteiger partial charge on any atom is -0.392 e. The number of carbonyl (C=O) groups is 1. The first-order valence-corrected chi connectivity index (χ1v) is 9.17. The molecule has 4 rings (SSSR count). The van der Waals surface area contributed by atoms with Crippen LogP contribution in [0.15, 0.2) is 42.9 Å². The molecular formula is C20H23N5O2. The van der Waals surface area contributed by atoms with Crippen LogP contribution in [0.25, 0.3) is 11.0 Å². The molecule has 0 saturated heterocycles. The van der Waals surface area contributed by atoms with Crippen molar-refractivity contribution in [2.45, 2.75) is 25.5 Å². The number of amides is 1. The van der Waals surface area contributed by atoms with Crippen LogP contribution in [0, 0.1) is 0 Å². The number of hydrogen-bond acceptors (Lipinski definition) is 5. The topological polar surface area (TPSA) is 85.3 Å². The van der Waals surface area contributed by atoms with E-state index in [0.29, 0.717) is 24.7 Å². The Hall–Kier alpha value is -2.93. The van der Waals surface area contributed by atoms with Crippen LogP contribution in [-0.2, 0) is 6.61 Å². The summed E-state index contributed by atoms with van der Waals surface area (Å²) in [4.78, 5) is 28.7. The number of aromatic nitrogens is 3. The van der Waals surface area contributed by atoms with Crippen molar-refractivity contribution in [2.75, 3.05) is 25.0 Å². The first-order valence-electron chi connectivity index (χ1n) is 9.17. The molecule has 27 heavy (non-hydrogen) atoms. The van der Waals surface area contributed by atoms with E-state index in [1.54, 1.807) is 30.6 Å². The predicted octanol–water partition coefficient (Wildman–Crippen LogP) is 2.19. The van der Waals surface area contributed by atoms with Crippen LogP contribution in [0.4, 0.5) is 5.82 Å². The lowest BCUT2D eigenvalue weighted by molar-refractivity contribution is 0.0748. The van der Waals surface area contributed by atoms with Gasteiger partial charge in [0.15, 0.2) is 0 Å². The first kappa shape index (κ1) is 17.5. The predicted molar refractivity (Wildman–Crippen MR) is 104 cm³/mol. The molecule has 140 valence electrons. The minimum atomic E-state index is -0.0157.